The van der Waals surface area contributed by atoms with Gasteiger partial charge < -0.3 is 48.6 Å². The van der Waals surface area contributed by atoms with Crippen molar-refractivity contribution >= 4 is 84.3 Å². The average Bonchev–Trinajstić information content (AvgIpc) is 1.43. The quantitative estimate of drug-likeness (QED) is 0.226. The molecule has 18 heavy (non-hydrogen) atoms. The summed E-state index contributed by atoms with van der Waals surface area (Å²) >= 11 is 0. The Bertz CT molecular complexity index is 309. The van der Waals surface area contributed by atoms with Crippen LogP contribution in [0.1, 0.15) is 5.71 Å². The van der Waals surface area contributed by atoms with Crippen LogP contribution in [0.4, 0.5) is 0 Å². The van der Waals surface area contributed by atoms with Crippen LogP contribution in [0.2, 0.25) is 0 Å². The molecule has 14 N–H and O–H groups in total. The molecule has 0 bridgehead atoms. The zero-order valence-corrected chi connectivity index (χ0v) is 15.5. The van der Waals surface area contributed by atoms with Crippen LogP contribution < -0.4 is 18.5 Å². The molecule has 0 unspecified atom stereocenters. The van der Waals surface area contributed by atoms with Crippen molar-refractivity contribution in [3.8, 4) is 0 Å². The van der Waals surface area contributed by atoms with Crippen molar-refractivity contribution < 1.29 is 52.5 Å². The molecule has 0 heterocycles. The molecule has 0 atom stereocenters. The Labute approximate surface area is 154 Å². The van der Waals surface area contributed by atoms with Crippen LogP contribution >= 0.6 is 23.5 Å². The minimum Gasteiger partial charge on any atom is -1.00 e. The van der Waals surface area contributed by atoms with Gasteiger partial charge in [0.2, 0.25) is 0 Å². The zero-order chi connectivity index (χ0) is 10.9. The van der Waals surface area contributed by atoms with Gasteiger partial charge >= 0.3 is 84.3 Å². The summed E-state index contributed by atoms with van der Waals surface area (Å²) in [6.45, 7) is 0. The monoisotopic (exact) mass is 377 g/mol. The number of hydrogen-bond acceptors (Lipinski definition) is 8. The van der Waals surface area contributed by atoms with Gasteiger partial charge in [-0.15, -0.1) is 0 Å². The maximum Gasteiger partial charge on any atom is 2.00 e. The summed E-state index contributed by atoms with van der Waals surface area (Å²) < 4.78 is 36.4. The predicted octanol–water partition coefficient (Wildman–Crippen LogP) is -0.520. The van der Waals surface area contributed by atoms with E-state index in [2.05, 4.69) is 8.62 Å². The molecule has 0 aliphatic heterocycles. The largest absolute Gasteiger partial charge is 2.00 e. The second-order valence-electron chi connectivity index (χ2n) is 1.61. The van der Waals surface area contributed by atoms with Gasteiger partial charge in [0.25, 0.3) is 0 Å². The van der Waals surface area contributed by atoms with Crippen LogP contribution in [0.15, 0.2) is 0 Å². The van der Waals surface area contributed by atoms with E-state index in [-0.39, 0.29) is 84.9 Å². The number of hydrogen-bond donors (Lipinski definition) is 8. The summed E-state index contributed by atoms with van der Waals surface area (Å²) in [7, 11) is -16.2. The Kier molecular flexibility index (Phi) is 26.7. The van der Waals surface area contributed by atoms with E-state index >= 15 is 0 Å². The molecule has 0 aliphatic carbocycles. The van der Waals surface area contributed by atoms with Crippen molar-refractivity contribution in [1.82, 2.24) is 18.5 Å². The first kappa shape index (κ1) is 37.0. The molecule has 0 rings (SSSR count). The van der Waals surface area contributed by atoms with E-state index in [1.165, 1.54) is 0 Å². The fourth-order valence-corrected chi connectivity index (χ4v) is 2.82. The predicted molar refractivity (Wildman–Crippen MR) is 67.1 cm³/mol. The minimum atomic E-state index is -5.46. The minimum absolute atomic E-state index is 0. The molecule has 0 aromatic carbocycles. The maximum atomic E-state index is 10.4. The number of phosphoric acid groups is 3. The summed E-state index contributed by atoms with van der Waals surface area (Å²) in [4.78, 5) is 40.2. The molecule has 0 saturated heterocycles. The van der Waals surface area contributed by atoms with Gasteiger partial charge in [-0.2, -0.15) is 8.62 Å². The second kappa shape index (κ2) is 13.0. The Morgan fingerprint density at radius 3 is 1.00 bits per heavy atom. The molecule has 0 amide bonds. The first-order valence-corrected chi connectivity index (χ1v) is 6.83. The van der Waals surface area contributed by atoms with Crippen LogP contribution in [-0.4, -0.2) is 85.3 Å². The topological polar surface area (TPSA) is 276 Å². The molecule has 0 saturated carbocycles. The maximum absolute atomic E-state index is 10.4. The van der Waals surface area contributed by atoms with Gasteiger partial charge in [-0.1, -0.05) is 0 Å². The number of rotatable bonds is 4. The van der Waals surface area contributed by atoms with E-state index in [9.17, 15) is 13.7 Å². The van der Waals surface area contributed by atoms with E-state index in [0.29, 0.717) is 0 Å². The van der Waals surface area contributed by atoms with Crippen LogP contribution in [0.25, 0.3) is 0 Å². The van der Waals surface area contributed by atoms with Gasteiger partial charge in [0.05, 0.1) is 0 Å². The Balaban J connectivity index is -0.0000000200. The molecule has 0 fully saturated rings. The smallest absolute Gasteiger partial charge is 1.00 e. The first-order valence-electron chi connectivity index (χ1n) is 2.28. The summed E-state index contributed by atoms with van der Waals surface area (Å²) in [5.74, 6) is 0. The zero-order valence-electron chi connectivity index (χ0n) is 13.2. The van der Waals surface area contributed by atoms with Crippen LogP contribution in [-0.2, 0) is 22.3 Å². The summed E-state index contributed by atoms with van der Waals surface area (Å²) in [5, 5.41) is 0. The molecule has 13 nitrogen and oxygen atoms in total. The van der Waals surface area contributed by atoms with Crippen molar-refractivity contribution in [2.45, 2.75) is 0 Å². The van der Waals surface area contributed by atoms with Crippen molar-refractivity contribution in [3.63, 3.8) is 0 Å². The van der Waals surface area contributed by atoms with Gasteiger partial charge in [-0.05, 0) is 0 Å². The molecular formula is H18CaMgN3O10P3. The molecule has 0 aromatic heterocycles. The molecule has 18 heteroatoms. The van der Waals surface area contributed by atoms with E-state index in [0.717, 1.165) is 0 Å². The van der Waals surface area contributed by atoms with Crippen molar-refractivity contribution in [2.75, 3.05) is 0 Å². The second-order valence-corrected chi connectivity index (χ2v) is 5.82. The van der Waals surface area contributed by atoms with Crippen molar-refractivity contribution in [3.05, 3.63) is 0 Å². The van der Waals surface area contributed by atoms with Crippen LogP contribution in [0, 0.1) is 0 Å². The average molecular weight is 377 g/mol. The molecule has 0 aromatic rings. The summed E-state index contributed by atoms with van der Waals surface area (Å²) in [6.07, 6.45) is 0. The Hall–Kier alpha value is 2.32. The van der Waals surface area contributed by atoms with Gasteiger partial charge in [-0.25, -0.2) is 13.7 Å². The SMILES string of the molecule is N.N.N.O=P(O)(O)OP(=O)(O)OP(=O)(O)O.[Ca+2].[H-].[H-].[H-].[H-].[Mg+2]. The molecule has 0 spiro atoms. The normalized spacial score (nSPS) is 10.5. The third kappa shape index (κ3) is 26.8. The summed E-state index contributed by atoms with van der Waals surface area (Å²) in [6, 6.07) is 0. The Morgan fingerprint density at radius 1 is 0.722 bits per heavy atom. The van der Waals surface area contributed by atoms with Gasteiger partial charge in [0.1, 0.15) is 0 Å². The summed E-state index contributed by atoms with van der Waals surface area (Å²) in [5.41, 5.74) is 0. The fraction of sp³-hybridized carbons (Fsp3) is 0. The van der Waals surface area contributed by atoms with Gasteiger partial charge in [0, 0.05) is 0 Å². The molecular weight excluding hydrogens is 359 g/mol. The molecule has 0 aliphatic rings. The van der Waals surface area contributed by atoms with Crippen LogP contribution in [0.5, 0.6) is 0 Å². The molecule has 112 valence electrons. The Morgan fingerprint density at radius 2 is 0.889 bits per heavy atom. The third-order valence-corrected chi connectivity index (χ3v) is 3.77. The van der Waals surface area contributed by atoms with Gasteiger partial charge in [0.15, 0.2) is 0 Å². The van der Waals surface area contributed by atoms with E-state index < -0.39 is 23.5 Å². The van der Waals surface area contributed by atoms with Crippen molar-refractivity contribution in [2.24, 2.45) is 0 Å². The van der Waals surface area contributed by atoms with Crippen molar-refractivity contribution in [1.29, 1.82) is 0 Å². The first-order chi connectivity index (χ1) is 5.41. The van der Waals surface area contributed by atoms with Gasteiger partial charge in [-0.3, -0.25) is 0 Å². The van der Waals surface area contributed by atoms with Crippen LogP contribution in [0.3, 0.4) is 0 Å². The van der Waals surface area contributed by atoms with E-state index in [1.54, 1.807) is 0 Å². The van der Waals surface area contributed by atoms with E-state index in [1.807, 2.05) is 0 Å². The third-order valence-electron chi connectivity index (χ3n) is 0.419. The fourth-order valence-electron chi connectivity index (χ4n) is 0.284. The standard InChI is InChI=1S/Ca.Mg.3H3N.H5O10P3.4H/c;;;;;1-11(2,3)9-13(7,8)10-12(4,5)6;;;;/h;;3*1H3;(H,7,8)(H2,1,2,3)(H2,4,5,6);;;;/q2*+2;;;;;4*-1. The molecule has 0 radical (unpaired) electrons. The van der Waals surface area contributed by atoms with E-state index in [4.69, 9.17) is 24.5 Å².